The summed E-state index contributed by atoms with van der Waals surface area (Å²) in [6, 6.07) is 11.3. The van der Waals surface area contributed by atoms with Crippen molar-refractivity contribution in [3.63, 3.8) is 0 Å². The first-order chi connectivity index (χ1) is 19.8. The van der Waals surface area contributed by atoms with E-state index >= 15 is 0 Å². The first kappa shape index (κ1) is 32.0. The Kier molecular flexibility index (Phi) is 10.3. The largest absolute Gasteiger partial charge is 0.406 e. The first-order valence-electron chi connectivity index (χ1n) is 13.4. The molecule has 0 radical (unpaired) electrons. The second kappa shape index (κ2) is 13.6. The predicted octanol–water partition coefficient (Wildman–Crippen LogP) is 4.61. The van der Waals surface area contributed by atoms with Gasteiger partial charge in [-0.2, -0.15) is 13.2 Å². The maximum atomic E-state index is 13.6. The number of sulfone groups is 1. The van der Waals surface area contributed by atoms with Gasteiger partial charge in [0.2, 0.25) is 0 Å². The molecular weight excluding hydrogens is 593 g/mol. The summed E-state index contributed by atoms with van der Waals surface area (Å²) in [4.78, 5) is 2.26. The van der Waals surface area contributed by atoms with Crippen molar-refractivity contribution in [1.82, 2.24) is 9.47 Å². The van der Waals surface area contributed by atoms with Crippen molar-refractivity contribution in [2.75, 3.05) is 56.8 Å². The number of β-amino-alcohol motifs (C(OH)–C–C–N with tert-alkyl or cyclic N) is 1. The van der Waals surface area contributed by atoms with Gasteiger partial charge in [0.1, 0.15) is 6.54 Å². The number of rotatable bonds is 10. The zero-order chi connectivity index (χ0) is 30.5. The number of halogens is 4. The summed E-state index contributed by atoms with van der Waals surface area (Å²) in [5.41, 5.74) is 1.85. The van der Waals surface area contributed by atoms with Crippen molar-refractivity contribution in [2.45, 2.75) is 42.6 Å². The number of aromatic nitrogens is 1. The minimum Gasteiger partial charge on any atom is -0.389 e. The highest BCUT2D eigenvalue weighted by molar-refractivity contribution is 7.90. The molecule has 1 atom stereocenters. The minimum absolute atomic E-state index is 0.0776. The highest BCUT2D eigenvalue weighted by atomic mass is 35.5. The molecule has 1 aliphatic rings. The molecule has 2 heterocycles. The molecule has 4 rings (SSSR count). The van der Waals surface area contributed by atoms with Crippen LogP contribution < -0.4 is 10.6 Å². The number of nitrogens with zero attached hydrogens (tertiary/aromatic N) is 2. The van der Waals surface area contributed by atoms with Crippen LogP contribution in [0.3, 0.4) is 0 Å². The van der Waals surface area contributed by atoms with Gasteiger partial charge in [-0.25, -0.2) is 8.42 Å². The third kappa shape index (κ3) is 8.55. The predicted molar refractivity (Wildman–Crippen MR) is 159 cm³/mol. The zero-order valence-electron chi connectivity index (χ0n) is 23.3. The molecule has 42 heavy (non-hydrogen) atoms. The van der Waals surface area contributed by atoms with Crippen molar-refractivity contribution >= 4 is 43.7 Å². The Morgan fingerprint density at radius 2 is 1.90 bits per heavy atom. The summed E-state index contributed by atoms with van der Waals surface area (Å²) in [6.45, 7) is 1.28. The summed E-state index contributed by atoms with van der Waals surface area (Å²) >= 11 is 6.19. The maximum Gasteiger partial charge on any atom is 0.406 e. The summed E-state index contributed by atoms with van der Waals surface area (Å²) in [5, 5.41) is 17.3. The van der Waals surface area contributed by atoms with Crippen molar-refractivity contribution < 1.29 is 31.4 Å². The molecule has 1 fully saturated rings. The summed E-state index contributed by atoms with van der Waals surface area (Å²) in [7, 11) is -1.86. The summed E-state index contributed by atoms with van der Waals surface area (Å²) in [5.74, 6) is 5.72. The molecule has 0 aliphatic carbocycles. The Bertz CT molecular complexity index is 1560. The fourth-order valence-corrected chi connectivity index (χ4v) is 5.99. The van der Waals surface area contributed by atoms with Crippen LogP contribution in [0, 0.1) is 11.8 Å². The number of fused-ring (bicyclic) bond motifs is 1. The lowest BCUT2D eigenvalue weighted by atomic mass is 10.0. The number of piperidine rings is 1. The van der Waals surface area contributed by atoms with Gasteiger partial charge in [0, 0.05) is 50.1 Å². The van der Waals surface area contributed by atoms with Crippen LogP contribution in [0.4, 0.5) is 24.5 Å². The summed E-state index contributed by atoms with van der Waals surface area (Å²) < 4.78 is 70.3. The van der Waals surface area contributed by atoms with Crippen LogP contribution in [-0.2, 0) is 21.1 Å². The van der Waals surface area contributed by atoms with E-state index in [-0.39, 0.29) is 34.8 Å². The number of ether oxygens (including phenoxy) is 1. The fraction of sp³-hybridized carbons (Fsp3) is 0.448. The number of aliphatic hydroxyl groups is 1. The van der Waals surface area contributed by atoms with Gasteiger partial charge in [0.15, 0.2) is 9.84 Å². The second-order valence-electron chi connectivity index (χ2n) is 10.4. The topological polar surface area (TPSA) is 95.8 Å². The highest BCUT2D eigenvalue weighted by Crippen LogP contribution is 2.31. The Morgan fingerprint density at radius 1 is 1.17 bits per heavy atom. The lowest BCUT2D eigenvalue weighted by Crippen LogP contribution is -2.43. The van der Waals surface area contributed by atoms with E-state index in [0.717, 1.165) is 37.9 Å². The smallest absolute Gasteiger partial charge is 0.389 e. The van der Waals surface area contributed by atoms with Crippen LogP contribution in [-0.4, -0.2) is 87.5 Å². The fourth-order valence-electron chi connectivity index (χ4n) is 5.03. The van der Waals surface area contributed by atoms with Crippen LogP contribution in [0.2, 0.25) is 5.02 Å². The van der Waals surface area contributed by atoms with Gasteiger partial charge in [-0.05, 0) is 55.2 Å². The number of anilines is 2. The van der Waals surface area contributed by atoms with E-state index in [4.69, 9.17) is 16.3 Å². The van der Waals surface area contributed by atoms with E-state index < -0.39 is 28.7 Å². The Morgan fingerprint density at radius 3 is 2.55 bits per heavy atom. The van der Waals surface area contributed by atoms with Crippen LogP contribution >= 0.6 is 11.6 Å². The van der Waals surface area contributed by atoms with Gasteiger partial charge in [-0.3, -0.25) is 0 Å². The Labute approximate surface area is 248 Å². The molecule has 2 aromatic carbocycles. The number of alkyl halides is 3. The van der Waals surface area contributed by atoms with E-state index in [9.17, 15) is 26.7 Å². The Balaban J connectivity index is 1.50. The van der Waals surface area contributed by atoms with E-state index in [1.165, 1.54) is 22.8 Å². The quantitative estimate of drug-likeness (QED) is 0.283. The molecule has 8 nitrogen and oxygen atoms in total. The molecule has 1 unspecified atom stereocenters. The molecule has 3 aromatic rings. The van der Waals surface area contributed by atoms with E-state index in [1.54, 1.807) is 25.3 Å². The molecule has 0 amide bonds. The molecule has 13 heteroatoms. The van der Waals surface area contributed by atoms with Crippen LogP contribution in [0.25, 0.3) is 10.9 Å². The number of hydrogen-bond acceptors (Lipinski definition) is 7. The van der Waals surface area contributed by atoms with Gasteiger partial charge >= 0.3 is 6.18 Å². The normalized spacial score (nSPS) is 15.8. The monoisotopic (exact) mass is 626 g/mol. The lowest BCUT2D eigenvalue weighted by molar-refractivity contribution is -0.140. The number of nitrogens with one attached hydrogen (secondary N) is 2. The third-order valence-corrected chi connectivity index (χ3v) is 8.43. The zero-order valence-corrected chi connectivity index (χ0v) is 24.9. The molecule has 3 N–H and O–H groups in total. The SMILES string of the molecule is COCC(O)CN1CCC(Nc2cccc3c2cc(C#CCNc2ccc(S(C)(=O)=O)cc2Cl)n3CC(F)(F)F)CC1. The minimum atomic E-state index is -4.45. The number of hydrogen-bond donors (Lipinski definition) is 3. The average molecular weight is 627 g/mol. The third-order valence-electron chi connectivity index (χ3n) is 7.01. The average Bonchev–Trinajstić information content (AvgIpc) is 3.24. The van der Waals surface area contributed by atoms with Crippen molar-refractivity contribution in [3.05, 3.63) is 53.2 Å². The molecule has 1 saturated heterocycles. The van der Waals surface area contributed by atoms with Crippen molar-refractivity contribution in [1.29, 1.82) is 0 Å². The number of likely N-dealkylation sites (tertiary alicyclic amines) is 1. The van der Waals surface area contributed by atoms with Gasteiger partial charge in [0.05, 0.1) is 46.1 Å². The van der Waals surface area contributed by atoms with Crippen LogP contribution in [0.15, 0.2) is 47.4 Å². The van der Waals surface area contributed by atoms with E-state index in [0.29, 0.717) is 23.1 Å². The van der Waals surface area contributed by atoms with Crippen molar-refractivity contribution in [3.8, 4) is 11.8 Å². The number of benzene rings is 2. The lowest BCUT2D eigenvalue weighted by Gasteiger charge is -2.34. The number of aliphatic hydroxyl groups excluding tert-OH is 1. The molecule has 0 spiro atoms. The molecule has 1 aromatic heterocycles. The summed E-state index contributed by atoms with van der Waals surface area (Å²) in [6.07, 6.45) is -2.26. The van der Waals surface area contributed by atoms with E-state index in [2.05, 4.69) is 27.4 Å². The maximum absolute atomic E-state index is 13.6. The van der Waals surface area contributed by atoms with Gasteiger partial charge < -0.3 is 29.9 Å². The van der Waals surface area contributed by atoms with Gasteiger partial charge in [-0.15, -0.1) is 0 Å². The van der Waals surface area contributed by atoms with E-state index in [1.807, 2.05) is 6.07 Å². The van der Waals surface area contributed by atoms with Crippen molar-refractivity contribution in [2.24, 2.45) is 0 Å². The molecule has 0 bridgehead atoms. The molecule has 0 saturated carbocycles. The molecule has 1 aliphatic heterocycles. The second-order valence-corrected chi connectivity index (χ2v) is 12.8. The highest BCUT2D eigenvalue weighted by Gasteiger charge is 2.30. The first-order valence-corrected chi connectivity index (χ1v) is 15.7. The van der Waals surface area contributed by atoms with Crippen LogP contribution in [0.5, 0.6) is 0 Å². The number of methoxy groups -OCH3 is 1. The Hall–Kier alpha value is -2.95. The standard InChI is InChI=1S/C29H34ClF3N4O4S/c1-41-18-22(38)17-36-13-10-20(11-14-36)35-26-6-3-7-28-24(26)15-21(37(28)19-29(31,32)33)5-4-12-34-27-9-8-23(16-25(27)30)42(2,39)40/h3,6-9,15-16,20,22,34-35,38H,10-14,17-19H2,1-2H3. The van der Waals surface area contributed by atoms with Crippen LogP contribution in [0.1, 0.15) is 18.5 Å². The molecule has 228 valence electrons. The molecular formula is C29H34ClF3N4O4S. The van der Waals surface area contributed by atoms with Gasteiger partial charge in [-0.1, -0.05) is 23.6 Å². The van der Waals surface area contributed by atoms with Gasteiger partial charge in [0.25, 0.3) is 0 Å².